The van der Waals surface area contributed by atoms with E-state index in [1.165, 1.54) is 0 Å². The number of hydrogen-bond donors (Lipinski definition) is 7. The summed E-state index contributed by atoms with van der Waals surface area (Å²) in [4.78, 5) is 19.5. The molecule has 0 heterocycles. The summed E-state index contributed by atoms with van der Waals surface area (Å²) in [6.07, 6.45) is -4.53. The second-order valence-electron chi connectivity index (χ2n) is 1.57. The van der Waals surface area contributed by atoms with Gasteiger partial charge >= 0.3 is 11.9 Å². The van der Waals surface area contributed by atoms with Crippen molar-refractivity contribution < 1.29 is 30.0 Å². The number of carboxylic acid groups (broad SMARTS) is 2. The number of aliphatic carboxylic acids is 2. The van der Waals surface area contributed by atoms with Crippen molar-refractivity contribution in [3.63, 3.8) is 0 Å². The SMILES string of the molecule is N.N.N.O=C(O)C(O)C(O)C(=O)O. The third-order valence-electron chi connectivity index (χ3n) is 0.805. The predicted molar refractivity (Wildman–Crippen MR) is 42.4 cm³/mol. The number of rotatable bonds is 3. The molecule has 9 nitrogen and oxygen atoms in total. The minimum atomic E-state index is -2.27. The zero-order valence-corrected chi connectivity index (χ0v) is 6.88. The van der Waals surface area contributed by atoms with Gasteiger partial charge in [-0.2, -0.15) is 0 Å². The lowest BCUT2D eigenvalue weighted by Gasteiger charge is -2.07. The van der Waals surface area contributed by atoms with Gasteiger partial charge in [0.1, 0.15) is 0 Å². The summed E-state index contributed by atoms with van der Waals surface area (Å²) in [7, 11) is 0. The highest BCUT2D eigenvalue weighted by molar-refractivity contribution is 5.82. The molecule has 0 aliphatic heterocycles. The fourth-order valence-corrected chi connectivity index (χ4v) is 0.270. The number of carboxylic acids is 2. The summed E-state index contributed by atoms with van der Waals surface area (Å²) >= 11 is 0. The van der Waals surface area contributed by atoms with Crippen molar-refractivity contribution >= 4 is 11.9 Å². The van der Waals surface area contributed by atoms with Crippen LogP contribution in [0, 0.1) is 0 Å². The fourth-order valence-electron chi connectivity index (χ4n) is 0.270. The van der Waals surface area contributed by atoms with Crippen LogP contribution in [0.4, 0.5) is 0 Å². The molecular formula is C4H15N3O6. The monoisotopic (exact) mass is 201 g/mol. The van der Waals surface area contributed by atoms with E-state index in [1.54, 1.807) is 0 Å². The minimum Gasteiger partial charge on any atom is -0.479 e. The van der Waals surface area contributed by atoms with Gasteiger partial charge in [-0.05, 0) is 0 Å². The number of hydrogen-bond acceptors (Lipinski definition) is 7. The van der Waals surface area contributed by atoms with E-state index >= 15 is 0 Å². The fraction of sp³-hybridized carbons (Fsp3) is 0.500. The van der Waals surface area contributed by atoms with Gasteiger partial charge in [-0.15, -0.1) is 0 Å². The minimum absolute atomic E-state index is 0. The van der Waals surface area contributed by atoms with Crippen LogP contribution in [0.2, 0.25) is 0 Å². The van der Waals surface area contributed by atoms with Crippen molar-refractivity contribution in [3.8, 4) is 0 Å². The molecule has 2 atom stereocenters. The van der Waals surface area contributed by atoms with Gasteiger partial charge in [-0.3, -0.25) is 0 Å². The van der Waals surface area contributed by atoms with Gasteiger partial charge in [-0.1, -0.05) is 0 Å². The lowest BCUT2D eigenvalue weighted by molar-refractivity contribution is -0.165. The van der Waals surface area contributed by atoms with Gasteiger partial charge in [0.05, 0.1) is 0 Å². The summed E-state index contributed by atoms with van der Waals surface area (Å²) in [5, 5.41) is 32.5. The Morgan fingerprint density at radius 3 is 1.00 bits per heavy atom. The Hall–Kier alpha value is -1.26. The van der Waals surface area contributed by atoms with E-state index in [4.69, 9.17) is 20.4 Å². The Labute approximate surface area is 73.7 Å². The summed E-state index contributed by atoms with van der Waals surface area (Å²) in [6.45, 7) is 0. The quantitative estimate of drug-likeness (QED) is 0.277. The maximum Gasteiger partial charge on any atom is 0.335 e. The van der Waals surface area contributed by atoms with Crippen molar-refractivity contribution in [2.45, 2.75) is 12.2 Å². The lowest BCUT2D eigenvalue weighted by atomic mass is 10.2. The Kier molecular flexibility index (Phi) is 15.4. The smallest absolute Gasteiger partial charge is 0.335 e. The molecule has 82 valence electrons. The van der Waals surface area contributed by atoms with Crippen LogP contribution in [0.1, 0.15) is 0 Å². The highest BCUT2D eigenvalue weighted by atomic mass is 16.4. The molecule has 0 saturated heterocycles. The highest BCUT2D eigenvalue weighted by Gasteiger charge is 2.29. The van der Waals surface area contributed by atoms with Gasteiger partial charge in [-0.25, -0.2) is 9.59 Å². The molecular weight excluding hydrogens is 186 g/mol. The van der Waals surface area contributed by atoms with E-state index in [0.29, 0.717) is 0 Å². The van der Waals surface area contributed by atoms with E-state index in [-0.39, 0.29) is 18.5 Å². The van der Waals surface area contributed by atoms with Crippen LogP contribution in [0.25, 0.3) is 0 Å². The molecule has 0 amide bonds. The zero-order chi connectivity index (χ0) is 8.31. The Morgan fingerprint density at radius 1 is 0.769 bits per heavy atom. The van der Waals surface area contributed by atoms with Crippen LogP contribution in [-0.2, 0) is 9.59 Å². The summed E-state index contributed by atoms with van der Waals surface area (Å²) in [5.74, 6) is -3.54. The van der Waals surface area contributed by atoms with E-state index in [0.717, 1.165) is 0 Å². The first-order chi connectivity index (χ1) is 4.46. The molecule has 0 saturated carbocycles. The molecule has 0 aromatic rings. The first-order valence-electron chi connectivity index (χ1n) is 2.28. The van der Waals surface area contributed by atoms with Gasteiger partial charge in [0.2, 0.25) is 0 Å². The maximum atomic E-state index is 9.77. The molecule has 0 aromatic heterocycles. The average Bonchev–Trinajstić information content (AvgIpc) is 1.84. The summed E-state index contributed by atoms with van der Waals surface area (Å²) in [6, 6.07) is 0. The van der Waals surface area contributed by atoms with Crippen molar-refractivity contribution in [1.29, 1.82) is 0 Å². The second kappa shape index (κ2) is 8.83. The normalized spacial score (nSPS) is 12.2. The van der Waals surface area contributed by atoms with Crippen LogP contribution in [0.15, 0.2) is 0 Å². The Bertz CT molecular complexity index is 144. The molecule has 0 bridgehead atoms. The predicted octanol–water partition coefficient (Wildman–Crippen LogP) is -1.64. The molecule has 0 radical (unpaired) electrons. The van der Waals surface area contributed by atoms with E-state index < -0.39 is 24.1 Å². The zero-order valence-electron chi connectivity index (χ0n) is 6.88. The first-order valence-corrected chi connectivity index (χ1v) is 2.28. The second-order valence-corrected chi connectivity index (χ2v) is 1.57. The van der Waals surface area contributed by atoms with Gasteiger partial charge < -0.3 is 38.9 Å². The first kappa shape index (κ1) is 22.6. The van der Waals surface area contributed by atoms with Gasteiger partial charge in [0.25, 0.3) is 0 Å². The van der Waals surface area contributed by atoms with Gasteiger partial charge in [0.15, 0.2) is 12.2 Å². The molecule has 0 aliphatic rings. The molecule has 0 aliphatic carbocycles. The Balaban J connectivity index is -0.000000135. The number of aliphatic hydroxyl groups is 2. The van der Waals surface area contributed by atoms with Crippen molar-refractivity contribution in [3.05, 3.63) is 0 Å². The van der Waals surface area contributed by atoms with Crippen molar-refractivity contribution in [2.75, 3.05) is 0 Å². The molecule has 0 aromatic carbocycles. The number of aliphatic hydroxyl groups excluding tert-OH is 2. The van der Waals surface area contributed by atoms with Crippen LogP contribution in [-0.4, -0.2) is 44.6 Å². The van der Waals surface area contributed by atoms with Crippen LogP contribution >= 0.6 is 0 Å². The molecule has 13 heavy (non-hydrogen) atoms. The van der Waals surface area contributed by atoms with Crippen LogP contribution in [0.3, 0.4) is 0 Å². The molecule has 0 fully saturated rings. The van der Waals surface area contributed by atoms with Crippen LogP contribution < -0.4 is 18.5 Å². The molecule has 0 rings (SSSR count). The third-order valence-corrected chi connectivity index (χ3v) is 0.805. The van der Waals surface area contributed by atoms with Crippen molar-refractivity contribution in [2.24, 2.45) is 0 Å². The van der Waals surface area contributed by atoms with Crippen LogP contribution in [0.5, 0.6) is 0 Å². The third kappa shape index (κ3) is 7.11. The highest BCUT2D eigenvalue weighted by Crippen LogP contribution is 1.92. The Morgan fingerprint density at radius 2 is 0.923 bits per heavy atom. The summed E-state index contributed by atoms with van der Waals surface area (Å²) < 4.78 is 0. The molecule has 2 unspecified atom stereocenters. The lowest BCUT2D eigenvalue weighted by Crippen LogP contribution is -2.39. The average molecular weight is 201 g/mol. The number of carbonyl (C=O) groups is 2. The van der Waals surface area contributed by atoms with E-state index in [9.17, 15) is 9.59 Å². The van der Waals surface area contributed by atoms with E-state index in [1.807, 2.05) is 0 Å². The molecule has 0 spiro atoms. The molecule has 9 heteroatoms. The summed E-state index contributed by atoms with van der Waals surface area (Å²) in [5.41, 5.74) is 0. The topological polar surface area (TPSA) is 220 Å². The largest absolute Gasteiger partial charge is 0.479 e. The standard InChI is InChI=1S/C4H6O6.3H3N/c5-1(3(7)8)2(6)4(9)10;;;/h1-2,5-6H,(H,7,8)(H,9,10);3*1H3. The molecule has 13 N–H and O–H groups in total. The van der Waals surface area contributed by atoms with Crippen molar-refractivity contribution in [1.82, 2.24) is 18.5 Å². The van der Waals surface area contributed by atoms with Gasteiger partial charge in [0, 0.05) is 0 Å². The van der Waals surface area contributed by atoms with E-state index in [2.05, 4.69) is 0 Å². The maximum absolute atomic E-state index is 9.77.